The van der Waals surface area contributed by atoms with Crippen LogP contribution in [-0.4, -0.2) is 41.5 Å². The molecule has 2 N–H and O–H groups in total. The van der Waals surface area contributed by atoms with Crippen LogP contribution in [0.3, 0.4) is 0 Å². The minimum absolute atomic E-state index is 0.0741. The van der Waals surface area contributed by atoms with Gasteiger partial charge in [0.2, 0.25) is 5.91 Å². The lowest BCUT2D eigenvalue weighted by Gasteiger charge is -2.18. The predicted octanol–water partition coefficient (Wildman–Crippen LogP) is 0.815. The third-order valence-electron chi connectivity index (χ3n) is 2.03. The van der Waals surface area contributed by atoms with Crippen molar-refractivity contribution in [2.24, 2.45) is 5.73 Å². The van der Waals surface area contributed by atoms with Crippen LogP contribution in [0.5, 0.6) is 0 Å². The summed E-state index contributed by atoms with van der Waals surface area (Å²) >= 11 is 0. The van der Waals surface area contributed by atoms with E-state index in [1.807, 2.05) is 0 Å². The third kappa shape index (κ3) is 3.72. The van der Waals surface area contributed by atoms with Crippen LogP contribution in [0.1, 0.15) is 20.8 Å². The van der Waals surface area contributed by atoms with E-state index >= 15 is 0 Å². The fourth-order valence-corrected chi connectivity index (χ4v) is 1.20. The molecule has 8 heteroatoms. The van der Waals surface area contributed by atoms with E-state index < -0.39 is 24.5 Å². The van der Waals surface area contributed by atoms with Crippen molar-refractivity contribution in [1.29, 1.82) is 0 Å². The highest BCUT2D eigenvalue weighted by Crippen LogP contribution is 2.16. The van der Waals surface area contributed by atoms with Gasteiger partial charge in [-0.05, 0) is 12.1 Å². The molecule has 0 fully saturated rings. The topological polar surface area (TPSA) is 76.3 Å². The van der Waals surface area contributed by atoms with Crippen LogP contribution >= 0.6 is 0 Å². The molecule has 5 nitrogen and oxygen atoms in total. The molecule has 0 unspecified atom stereocenters. The van der Waals surface area contributed by atoms with Crippen molar-refractivity contribution in [2.75, 3.05) is 13.6 Å². The van der Waals surface area contributed by atoms with Crippen LogP contribution in [0.25, 0.3) is 0 Å². The number of alkyl halides is 3. The third-order valence-corrected chi connectivity index (χ3v) is 2.03. The van der Waals surface area contributed by atoms with Crippen LogP contribution in [-0.2, 0) is 0 Å². The Balaban J connectivity index is 2.81. The smallest absolute Gasteiger partial charge is 0.366 e. The van der Waals surface area contributed by atoms with Gasteiger partial charge in [0.25, 0.3) is 5.91 Å². The molecular formula is C10H10F3N3O2. The predicted molar refractivity (Wildman–Crippen MR) is 55.8 cm³/mol. The second-order valence-electron chi connectivity index (χ2n) is 3.57. The number of primary amides is 1. The molecule has 2 amide bonds. The lowest BCUT2D eigenvalue weighted by atomic mass is 10.2. The number of aromatic nitrogens is 1. The summed E-state index contributed by atoms with van der Waals surface area (Å²) in [5.74, 6) is -1.62. The first-order chi connectivity index (χ1) is 8.20. The Morgan fingerprint density at radius 2 is 2.00 bits per heavy atom. The molecule has 0 radical (unpaired) electrons. The van der Waals surface area contributed by atoms with E-state index in [1.165, 1.54) is 6.07 Å². The van der Waals surface area contributed by atoms with Crippen molar-refractivity contribution in [2.45, 2.75) is 6.18 Å². The first-order valence-corrected chi connectivity index (χ1v) is 4.79. The zero-order valence-electron chi connectivity index (χ0n) is 9.36. The number of carbonyl (C=O) groups excluding carboxylic acids is 2. The summed E-state index contributed by atoms with van der Waals surface area (Å²) < 4.78 is 36.2. The van der Waals surface area contributed by atoms with E-state index in [1.54, 1.807) is 0 Å². The number of nitrogens with two attached hydrogens (primary N) is 1. The quantitative estimate of drug-likeness (QED) is 0.874. The molecule has 0 aliphatic rings. The van der Waals surface area contributed by atoms with Gasteiger partial charge in [0.1, 0.15) is 12.2 Å². The van der Waals surface area contributed by atoms with Crippen LogP contribution in [0.4, 0.5) is 13.2 Å². The van der Waals surface area contributed by atoms with Gasteiger partial charge in [-0.25, -0.2) is 0 Å². The standard InChI is InChI=1S/C10H10F3N3O2/c1-16(5-10(11,12)13)9(18)7-3-2-6(4-15-7)8(14)17/h2-4H,5H2,1H3,(H2,14,17). The van der Waals surface area contributed by atoms with E-state index in [0.717, 1.165) is 19.3 Å². The molecular weight excluding hydrogens is 251 g/mol. The molecule has 98 valence electrons. The van der Waals surface area contributed by atoms with Gasteiger partial charge >= 0.3 is 6.18 Å². The summed E-state index contributed by atoms with van der Waals surface area (Å²) in [6, 6.07) is 2.37. The van der Waals surface area contributed by atoms with Gasteiger partial charge in [-0.2, -0.15) is 13.2 Å². The van der Waals surface area contributed by atoms with Crippen molar-refractivity contribution >= 4 is 11.8 Å². The van der Waals surface area contributed by atoms with Crippen molar-refractivity contribution in [3.63, 3.8) is 0 Å². The van der Waals surface area contributed by atoms with Crippen LogP contribution < -0.4 is 5.73 Å². The molecule has 0 aromatic carbocycles. The Labute approximate surface area is 100 Å². The Kier molecular flexibility index (Phi) is 3.89. The highest BCUT2D eigenvalue weighted by molar-refractivity contribution is 5.95. The lowest BCUT2D eigenvalue weighted by molar-refractivity contribution is -0.138. The molecule has 0 saturated carbocycles. The summed E-state index contributed by atoms with van der Waals surface area (Å²) in [6.07, 6.45) is -3.44. The van der Waals surface area contributed by atoms with E-state index in [9.17, 15) is 22.8 Å². The van der Waals surface area contributed by atoms with E-state index in [0.29, 0.717) is 4.90 Å². The van der Waals surface area contributed by atoms with Gasteiger partial charge in [-0.3, -0.25) is 14.6 Å². The van der Waals surface area contributed by atoms with Crippen LogP contribution in [0.2, 0.25) is 0 Å². The Hall–Kier alpha value is -2.12. The normalized spacial score (nSPS) is 11.1. The molecule has 0 aliphatic heterocycles. The van der Waals surface area contributed by atoms with Gasteiger partial charge in [0, 0.05) is 13.2 Å². The van der Waals surface area contributed by atoms with Crippen LogP contribution in [0.15, 0.2) is 18.3 Å². The van der Waals surface area contributed by atoms with E-state index in [4.69, 9.17) is 5.73 Å². The van der Waals surface area contributed by atoms with Crippen LogP contribution in [0, 0.1) is 0 Å². The first kappa shape index (κ1) is 13.9. The van der Waals surface area contributed by atoms with Crippen molar-refractivity contribution in [3.05, 3.63) is 29.6 Å². The molecule has 0 bridgehead atoms. The maximum atomic E-state index is 12.1. The summed E-state index contributed by atoms with van der Waals surface area (Å²) in [5.41, 5.74) is 4.85. The van der Waals surface area contributed by atoms with Gasteiger partial charge in [0.05, 0.1) is 5.56 Å². The van der Waals surface area contributed by atoms with Crippen molar-refractivity contribution < 1.29 is 22.8 Å². The number of carbonyl (C=O) groups is 2. The van der Waals surface area contributed by atoms with E-state index in [2.05, 4.69) is 4.98 Å². The molecule has 1 rings (SSSR count). The maximum Gasteiger partial charge on any atom is 0.406 e. The monoisotopic (exact) mass is 261 g/mol. The number of halogens is 3. The molecule has 0 aliphatic carbocycles. The minimum Gasteiger partial charge on any atom is -0.366 e. The number of pyridine rings is 1. The van der Waals surface area contributed by atoms with E-state index in [-0.39, 0.29) is 11.3 Å². The van der Waals surface area contributed by atoms with Gasteiger partial charge in [-0.1, -0.05) is 0 Å². The summed E-state index contributed by atoms with van der Waals surface area (Å²) in [4.78, 5) is 26.4. The number of hydrogen-bond acceptors (Lipinski definition) is 3. The van der Waals surface area contributed by atoms with Gasteiger partial charge < -0.3 is 10.6 Å². The highest BCUT2D eigenvalue weighted by Gasteiger charge is 2.31. The summed E-state index contributed by atoms with van der Waals surface area (Å²) in [5, 5.41) is 0. The fourth-order valence-electron chi connectivity index (χ4n) is 1.20. The first-order valence-electron chi connectivity index (χ1n) is 4.79. The molecule has 0 saturated heterocycles. The zero-order valence-corrected chi connectivity index (χ0v) is 9.36. The average molecular weight is 261 g/mol. The lowest BCUT2D eigenvalue weighted by Crippen LogP contribution is -2.36. The van der Waals surface area contributed by atoms with Crippen molar-refractivity contribution in [3.8, 4) is 0 Å². The average Bonchev–Trinajstić information content (AvgIpc) is 2.26. The molecule has 18 heavy (non-hydrogen) atoms. The highest BCUT2D eigenvalue weighted by atomic mass is 19.4. The molecule has 1 aromatic rings. The number of rotatable bonds is 3. The summed E-state index contributed by atoms with van der Waals surface area (Å²) in [7, 11) is 1.01. The second-order valence-corrected chi connectivity index (χ2v) is 3.57. The molecule has 0 spiro atoms. The Morgan fingerprint density at radius 1 is 1.39 bits per heavy atom. The second kappa shape index (κ2) is 5.03. The molecule has 1 aromatic heterocycles. The Bertz CT molecular complexity index is 456. The number of nitrogens with zero attached hydrogens (tertiary/aromatic N) is 2. The minimum atomic E-state index is -4.47. The zero-order chi connectivity index (χ0) is 13.9. The van der Waals surface area contributed by atoms with Crippen molar-refractivity contribution in [1.82, 2.24) is 9.88 Å². The number of amides is 2. The number of hydrogen-bond donors (Lipinski definition) is 1. The largest absolute Gasteiger partial charge is 0.406 e. The Morgan fingerprint density at radius 3 is 2.39 bits per heavy atom. The maximum absolute atomic E-state index is 12.1. The SMILES string of the molecule is CN(CC(F)(F)F)C(=O)c1ccc(C(N)=O)cn1. The molecule has 1 heterocycles. The van der Waals surface area contributed by atoms with Gasteiger partial charge in [-0.15, -0.1) is 0 Å². The molecule has 0 atom stereocenters. The fraction of sp³-hybridized carbons (Fsp3) is 0.300. The summed E-state index contributed by atoms with van der Waals surface area (Å²) in [6.45, 7) is -1.37. The van der Waals surface area contributed by atoms with Gasteiger partial charge in [0.15, 0.2) is 0 Å².